The van der Waals surface area contributed by atoms with Crippen LogP contribution in [-0.4, -0.2) is 65.3 Å². The average molecular weight is 459 g/mol. The van der Waals surface area contributed by atoms with Crippen molar-refractivity contribution in [3.63, 3.8) is 0 Å². The summed E-state index contributed by atoms with van der Waals surface area (Å²) in [5, 5.41) is 2.72. The van der Waals surface area contributed by atoms with E-state index in [9.17, 15) is 21.6 Å². The second kappa shape index (κ2) is 10.4. The molecule has 0 aromatic carbocycles. The van der Waals surface area contributed by atoms with Crippen LogP contribution in [0.25, 0.3) is 0 Å². The Hall–Kier alpha value is -0.950. The summed E-state index contributed by atoms with van der Waals surface area (Å²) in [7, 11) is -6.72. The van der Waals surface area contributed by atoms with Gasteiger partial charge in [0.15, 0.2) is 0 Å². The third kappa shape index (κ3) is 13.1. The molecule has 0 aromatic heterocycles. The van der Waals surface area contributed by atoms with E-state index in [2.05, 4.69) is 5.32 Å². The Labute approximate surface area is 174 Å². The van der Waals surface area contributed by atoms with Crippen molar-refractivity contribution >= 4 is 26.3 Å². The minimum Gasteiger partial charge on any atom is -0.444 e. The van der Waals surface area contributed by atoms with Crippen molar-refractivity contribution in [2.45, 2.75) is 89.2 Å². The van der Waals surface area contributed by atoms with E-state index < -0.39 is 31.9 Å². The molecular weight excluding hydrogens is 424 g/mol. The maximum Gasteiger partial charge on any atom is 0.407 e. The predicted octanol–water partition coefficient (Wildman–Crippen LogP) is 1.25. The van der Waals surface area contributed by atoms with E-state index in [0.717, 1.165) is 25.4 Å². The van der Waals surface area contributed by atoms with Gasteiger partial charge in [-0.3, -0.25) is 8.37 Å². The molecule has 0 bridgehead atoms. The van der Waals surface area contributed by atoms with Crippen LogP contribution in [0.15, 0.2) is 0 Å². The number of carbonyl (C=O) groups excluding carboxylic acids is 1. The van der Waals surface area contributed by atoms with Crippen molar-refractivity contribution in [3.05, 3.63) is 0 Å². The molecule has 2 aliphatic rings. The highest BCUT2D eigenvalue weighted by molar-refractivity contribution is 7.86. The highest BCUT2D eigenvalue weighted by atomic mass is 32.2. The van der Waals surface area contributed by atoms with Crippen LogP contribution in [-0.2, 0) is 33.3 Å². The molecule has 2 aliphatic carbocycles. The molecule has 2 rings (SSSR count). The number of rotatable bonds is 5. The second-order valence-electron chi connectivity index (χ2n) is 8.57. The molecule has 4 atom stereocenters. The Morgan fingerprint density at radius 1 is 0.897 bits per heavy atom. The summed E-state index contributed by atoms with van der Waals surface area (Å²) in [6.07, 6.45) is 5.17. The number of carbonyl (C=O) groups is 1. The maximum atomic E-state index is 11.5. The van der Waals surface area contributed by atoms with Crippen LogP contribution in [0.1, 0.15) is 59.3 Å². The van der Waals surface area contributed by atoms with Gasteiger partial charge in [-0.05, 0) is 59.3 Å². The minimum atomic E-state index is -3.43. The van der Waals surface area contributed by atoms with Crippen molar-refractivity contribution in [3.8, 4) is 0 Å². The lowest BCUT2D eigenvalue weighted by Crippen LogP contribution is -2.38. The summed E-state index contributed by atoms with van der Waals surface area (Å²) in [6, 6.07) is 0.0216. The number of hydrogen-bond acceptors (Lipinski definition) is 9. The molecule has 0 spiro atoms. The van der Waals surface area contributed by atoms with Crippen LogP contribution in [0, 0.1) is 0 Å². The maximum absolute atomic E-state index is 11.5. The minimum absolute atomic E-state index is 0.0911. The number of ether oxygens (including phenoxy) is 1. The first-order valence-corrected chi connectivity index (χ1v) is 13.2. The summed E-state index contributed by atoms with van der Waals surface area (Å²) < 4.78 is 58.0. The molecule has 1 amide bonds. The van der Waals surface area contributed by atoms with E-state index in [1.165, 1.54) is 0 Å². The Morgan fingerprint density at radius 2 is 1.38 bits per heavy atom. The lowest BCUT2D eigenvalue weighted by atomic mass is 10.2. The molecule has 0 saturated heterocycles. The van der Waals surface area contributed by atoms with Gasteiger partial charge in [0.2, 0.25) is 0 Å². The lowest BCUT2D eigenvalue weighted by Gasteiger charge is -2.21. The van der Waals surface area contributed by atoms with E-state index in [4.69, 9.17) is 18.8 Å². The summed E-state index contributed by atoms with van der Waals surface area (Å²) in [5.74, 6) is 0. The molecule has 10 nitrogen and oxygen atoms in total. The van der Waals surface area contributed by atoms with E-state index in [1.54, 1.807) is 20.8 Å². The van der Waals surface area contributed by atoms with Crippen molar-refractivity contribution in [2.24, 2.45) is 5.73 Å². The fourth-order valence-corrected chi connectivity index (χ4v) is 4.53. The molecule has 172 valence electrons. The normalized spacial score (nSPS) is 27.8. The monoisotopic (exact) mass is 458 g/mol. The van der Waals surface area contributed by atoms with E-state index >= 15 is 0 Å². The van der Waals surface area contributed by atoms with Gasteiger partial charge in [0, 0.05) is 12.1 Å². The standard InChI is InChI=1S/C11H21NO5S.C6H13NO3S/c1-11(2,3)16-10(13)12-8-5-6-9(7-8)17-18(4,14)15;1-11(8,9)10-6-3-2-5(7)4-6/h8-9H,5-7H2,1-4H3,(H,12,13);5-6H,2-4,7H2,1H3/t8-,9-;5-,6-/m11/s1. The molecular formula is C17H34N2O8S2. The first-order chi connectivity index (χ1) is 13.0. The zero-order valence-electron chi connectivity index (χ0n) is 17.7. The number of amides is 1. The van der Waals surface area contributed by atoms with Gasteiger partial charge >= 0.3 is 6.09 Å². The van der Waals surface area contributed by atoms with Crippen LogP contribution in [0.5, 0.6) is 0 Å². The van der Waals surface area contributed by atoms with Gasteiger partial charge in [-0.15, -0.1) is 0 Å². The van der Waals surface area contributed by atoms with E-state index in [0.29, 0.717) is 25.7 Å². The van der Waals surface area contributed by atoms with Crippen LogP contribution >= 0.6 is 0 Å². The van der Waals surface area contributed by atoms with Crippen LogP contribution in [0.3, 0.4) is 0 Å². The van der Waals surface area contributed by atoms with Crippen molar-refractivity contribution in [2.75, 3.05) is 12.5 Å². The lowest BCUT2D eigenvalue weighted by molar-refractivity contribution is 0.0503. The largest absolute Gasteiger partial charge is 0.444 e. The Balaban J connectivity index is 0.000000326. The van der Waals surface area contributed by atoms with Crippen LogP contribution in [0.2, 0.25) is 0 Å². The van der Waals surface area contributed by atoms with Crippen molar-refractivity contribution < 1.29 is 34.7 Å². The molecule has 0 aromatic rings. The molecule has 29 heavy (non-hydrogen) atoms. The average Bonchev–Trinajstić information content (AvgIpc) is 3.03. The summed E-state index contributed by atoms with van der Waals surface area (Å²) in [6.45, 7) is 5.37. The quantitative estimate of drug-likeness (QED) is 0.580. The number of nitrogens with two attached hydrogens (primary N) is 1. The highest BCUT2D eigenvalue weighted by Crippen LogP contribution is 2.24. The second-order valence-corrected chi connectivity index (χ2v) is 11.8. The molecule has 3 N–H and O–H groups in total. The first kappa shape index (κ1) is 26.1. The van der Waals surface area contributed by atoms with Gasteiger partial charge in [0.25, 0.3) is 20.2 Å². The number of hydrogen-bond donors (Lipinski definition) is 2. The molecule has 0 unspecified atom stereocenters. The van der Waals surface area contributed by atoms with Gasteiger partial charge in [0.1, 0.15) is 5.60 Å². The summed E-state index contributed by atoms with van der Waals surface area (Å²) in [5.41, 5.74) is 5.03. The van der Waals surface area contributed by atoms with Crippen LogP contribution < -0.4 is 11.1 Å². The van der Waals surface area contributed by atoms with Gasteiger partial charge in [0.05, 0.1) is 24.7 Å². The molecule has 0 aliphatic heterocycles. The third-order valence-electron chi connectivity index (χ3n) is 4.15. The Kier molecular flexibility index (Phi) is 9.34. The SMILES string of the molecule is CC(C)(C)OC(=O)N[C@@H]1CC[C@@H](OS(C)(=O)=O)C1.CS(=O)(=O)O[C@@H]1CC[C@@H](N)C1. The van der Waals surface area contributed by atoms with Gasteiger partial charge in [-0.2, -0.15) is 16.8 Å². The Bertz CT molecular complexity index is 746. The number of nitrogens with one attached hydrogen (secondary N) is 1. The van der Waals surface area contributed by atoms with Crippen molar-refractivity contribution in [1.29, 1.82) is 0 Å². The van der Waals surface area contributed by atoms with E-state index in [1.807, 2.05) is 0 Å². The molecule has 0 radical (unpaired) electrons. The molecule has 2 fully saturated rings. The zero-order valence-corrected chi connectivity index (χ0v) is 19.3. The van der Waals surface area contributed by atoms with Crippen molar-refractivity contribution in [1.82, 2.24) is 5.32 Å². The van der Waals surface area contributed by atoms with Gasteiger partial charge in [-0.1, -0.05) is 0 Å². The number of alkyl carbamates (subject to hydrolysis) is 1. The van der Waals surface area contributed by atoms with Gasteiger partial charge < -0.3 is 15.8 Å². The van der Waals surface area contributed by atoms with E-state index in [-0.39, 0.29) is 24.3 Å². The fraction of sp³-hybridized carbons (Fsp3) is 0.941. The van der Waals surface area contributed by atoms with Crippen LogP contribution in [0.4, 0.5) is 4.79 Å². The topological polar surface area (TPSA) is 151 Å². The highest BCUT2D eigenvalue weighted by Gasteiger charge is 2.30. The third-order valence-corrected chi connectivity index (χ3v) is 5.40. The first-order valence-electron chi connectivity index (χ1n) is 9.54. The molecule has 0 heterocycles. The van der Waals surface area contributed by atoms with Gasteiger partial charge in [-0.25, -0.2) is 4.79 Å². The summed E-state index contributed by atoms with van der Waals surface area (Å²) in [4.78, 5) is 11.5. The zero-order chi connectivity index (χ0) is 22.5. The molecule has 2 saturated carbocycles. The fourth-order valence-electron chi connectivity index (χ4n) is 3.19. The molecule has 12 heteroatoms. The summed E-state index contributed by atoms with van der Waals surface area (Å²) >= 11 is 0. The predicted molar refractivity (Wildman–Crippen MR) is 108 cm³/mol. The Morgan fingerprint density at radius 3 is 1.79 bits per heavy atom. The smallest absolute Gasteiger partial charge is 0.407 e.